The zero-order valence-corrected chi connectivity index (χ0v) is 52.7. The van der Waals surface area contributed by atoms with Crippen molar-refractivity contribution in [1.82, 2.24) is 47.5 Å². The molecule has 1 saturated heterocycles. The summed E-state index contributed by atoms with van der Waals surface area (Å²) >= 11 is 0. The van der Waals surface area contributed by atoms with E-state index < -0.39 is 187 Å². The molecular formula is C63H84N12O19. The van der Waals surface area contributed by atoms with E-state index in [4.69, 9.17) is 16.2 Å². The van der Waals surface area contributed by atoms with Crippen molar-refractivity contribution in [3.05, 3.63) is 113 Å². The first-order valence-corrected chi connectivity index (χ1v) is 30.2. The van der Waals surface area contributed by atoms with Gasteiger partial charge in [-0.1, -0.05) is 106 Å². The minimum absolute atomic E-state index is 0.131. The van der Waals surface area contributed by atoms with E-state index in [0.29, 0.717) is 24.0 Å². The largest absolute Gasteiger partial charge is 0.508 e. The van der Waals surface area contributed by atoms with Crippen LogP contribution in [0.1, 0.15) is 94.9 Å². The van der Waals surface area contributed by atoms with Crippen LogP contribution in [0.4, 0.5) is 0 Å². The van der Waals surface area contributed by atoms with Gasteiger partial charge < -0.3 is 94.1 Å². The van der Waals surface area contributed by atoms with Crippen molar-refractivity contribution in [2.24, 2.45) is 22.5 Å². The zero-order chi connectivity index (χ0) is 69.7. The van der Waals surface area contributed by atoms with Crippen LogP contribution in [0.15, 0.2) is 95.7 Å². The molecule has 10 amide bonds. The maximum Gasteiger partial charge on any atom is 0.331 e. The zero-order valence-electron chi connectivity index (χ0n) is 52.7. The molecule has 0 aliphatic carbocycles. The summed E-state index contributed by atoms with van der Waals surface area (Å²) in [4.78, 5) is 159. The van der Waals surface area contributed by atoms with Gasteiger partial charge in [-0.15, -0.1) is 0 Å². The summed E-state index contributed by atoms with van der Waals surface area (Å²) < 4.78 is 5.73. The van der Waals surface area contributed by atoms with Crippen molar-refractivity contribution in [3.8, 4) is 5.75 Å². The molecule has 2 heterocycles. The van der Waals surface area contributed by atoms with E-state index >= 15 is 14.4 Å². The number of rotatable bonds is 23. The molecule has 13 atom stereocenters. The number of aromatic hydroxyl groups is 1. The second kappa shape index (κ2) is 35.0. The van der Waals surface area contributed by atoms with Gasteiger partial charge in [-0.2, -0.15) is 5.10 Å². The third kappa shape index (κ3) is 20.3. The Labute approximate surface area is 541 Å². The van der Waals surface area contributed by atoms with Crippen LogP contribution in [-0.2, 0) is 63.9 Å². The molecule has 1 fully saturated rings. The number of hydrazone groups is 1. The number of hydrogen-bond acceptors (Lipinski definition) is 21. The Balaban J connectivity index is 1.71. The SMILES string of the molecule is CCC/C=C\c1ccccc1[C@H](CC(=O)NC1C(=O)N(C)/C(=C/c2ccc(O)cc2)C(=O)N[C@@H](CC(C)C)C(=O)N[C@H](Cc2ccccc2)C(=O)N[C@@H]([C@H](C)O)C(=O)N[C@@H](CC(N)=O)C(=O)N[C@@H](CO)C(=O)O[C@@H]1C)[C@@]1(N)C(=O)NN=C1C(=O)NC[C@@H](O)[C@H](O)[C@H](O)CO. The molecule has 0 bridgehead atoms. The number of carbonyl (C=O) groups is 11. The number of aliphatic hydroxyl groups is 6. The summed E-state index contributed by atoms with van der Waals surface area (Å²) in [5.74, 6) is -15.6. The monoisotopic (exact) mass is 1310 g/mol. The number of primary amides is 1. The molecule has 31 nitrogen and oxygen atoms in total. The second-order valence-corrected chi connectivity index (χ2v) is 23.2. The molecule has 31 heteroatoms. The Hall–Kier alpha value is -9.50. The van der Waals surface area contributed by atoms with Gasteiger partial charge in [0.1, 0.15) is 60.0 Å². The number of cyclic esters (lactones) is 1. The van der Waals surface area contributed by atoms with Crippen LogP contribution >= 0.6 is 0 Å². The van der Waals surface area contributed by atoms with E-state index in [1.165, 1.54) is 36.4 Å². The standard InChI is InChI=1S/C63H84N12O19/c1-7-8-10-17-37-18-13-14-19-39(37)40(63(65)53(73-74-62(63)93)59(90)66-29-46(80)52(84)47(81)31-77)27-49(83)71-51-34(5)94-61(92)44(30-76)70-55(86)43(28-48(64)82)69-58(89)50(33(4)78)72-56(87)42(25-35-15-11-9-12-16-35)67-54(85)41(24-32(2)3)68-57(88)45(75(6)60(51)91)26-36-20-22-38(79)23-21-36/h9-23,26,32-34,40-44,46-47,50-52,76-81,84H,7-8,24-25,27-31,65H2,1-6H3,(H2,64,82)(H,66,90)(H,67,85)(H,68,88)(H,69,89)(H,70,86)(H,71,83)(H,72,87)(H,74,93)/b17-10-,45-26+/t33-,34+,40-,41-,42+,43-,44-,46+,47+,50-,51?,52-,63-/m0/s1. The van der Waals surface area contributed by atoms with Gasteiger partial charge in [-0.3, -0.25) is 47.9 Å². The summed E-state index contributed by atoms with van der Waals surface area (Å²) in [7, 11) is 1.07. The highest BCUT2D eigenvalue weighted by molar-refractivity contribution is 6.48. The highest BCUT2D eigenvalue weighted by atomic mass is 16.5. The number of benzene rings is 3. The van der Waals surface area contributed by atoms with Crippen LogP contribution < -0.4 is 54.1 Å². The Morgan fingerprint density at radius 2 is 1.40 bits per heavy atom. The summed E-state index contributed by atoms with van der Waals surface area (Å²) in [6.07, 6.45) is -5.83. The van der Waals surface area contributed by atoms with E-state index in [9.17, 15) is 74.1 Å². The lowest BCUT2D eigenvalue weighted by Gasteiger charge is -2.34. The fraction of sp³-hybridized carbons (Fsp3) is 0.460. The number of hydrogen-bond donors (Lipinski definition) is 17. The number of ether oxygens (including phenoxy) is 1. The highest BCUT2D eigenvalue weighted by Crippen LogP contribution is 2.37. The number of nitrogens with one attached hydrogen (secondary N) is 8. The number of unbranched alkanes of at least 4 members (excludes halogenated alkanes) is 1. The number of nitrogens with two attached hydrogens (primary N) is 2. The third-order valence-electron chi connectivity index (χ3n) is 15.4. The maximum atomic E-state index is 15.6. The second-order valence-electron chi connectivity index (χ2n) is 23.2. The van der Waals surface area contributed by atoms with Crippen molar-refractivity contribution in [1.29, 1.82) is 0 Å². The van der Waals surface area contributed by atoms with Gasteiger partial charge in [-0.05, 0) is 73.1 Å². The molecule has 510 valence electrons. The fourth-order valence-electron chi connectivity index (χ4n) is 10.2. The van der Waals surface area contributed by atoms with Crippen LogP contribution in [0, 0.1) is 5.92 Å². The Morgan fingerprint density at radius 1 is 0.787 bits per heavy atom. The van der Waals surface area contributed by atoms with E-state index in [1.807, 2.05) is 6.92 Å². The summed E-state index contributed by atoms with van der Waals surface area (Å²) in [5.41, 5.74) is 11.9. The molecule has 1 unspecified atom stereocenters. The smallest absolute Gasteiger partial charge is 0.331 e. The average molecular weight is 1310 g/mol. The lowest BCUT2D eigenvalue weighted by atomic mass is 9.72. The Morgan fingerprint density at radius 3 is 2.02 bits per heavy atom. The van der Waals surface area contributed by atoms with Crippen molar-refractivity contribution < 1.29 is 93.2 Å². The molecule has 5 rings (SSSR count). The first-order chi connectivity index (χ1) is 44.4. The number of carbonyl (C=O) groups excluding carboxylic acids is 11. The van der Waals surface area contributed by atoms with E-state index in [1.54, 1.807) is 68.5 Å². The highest BCUT2D eigenvalue weighted by Gasteiger charge is 2.55. The van der Waals surface area contributed by atoms with Crippen LogP contribution in [-0.4, -0.2) is 211 Å². The van der Waals surface area contributed by atoms with Crippen LogP contribution in [0.25, 0.3) is 12.2 Å². The number of phenols is 1. The molecule has 0 spiro atoms. The predicted octanol–water partition coefficient (Wildman–Crippen LogP) is -4.06. The van der Waals surface area contributed by atoms with E-state index in [-0.39, 0.29) is 35.6 Å². The molecule has 2 aliphatic heterocycles. The summed E-state index contributed by atoms with van der Waals surface area (Å²) in [6, 6.07) is 8.36. The molecule has 3 aromatic carbocycles. The number of nitrogens with zero attached hydrogens (tertiary/aromatic N) is 2. The molecule has 2 aliphatic rings. The van der Waals surface area contributed by atoms with Crippen molar-refractivity contribution in [2.45, 2.75) is 151 Å². The van der Waals surface area contributed by atoms with Gasteiger partial charge in [0.25, 0.3) is 23.6 Å². The van der Waals surface area contributed by atoms with Crippen molar-refractivity contribution in [3.63, 3.8) is 0 Å². The average Bonchev–Trinajstić information content (AvgIpc) is 1.58. The van der Waals surface area contributed by atoms with Gasteiger partial charge >= 0.3 is 5.97 Å². The fourth-order valence-corrected chi connectivity index (χ4v) is 10.2. The van der Waals surface area contributed by atoms with Gasteiger partial charge in [0.2, 0.25) is 35.4 Å². The lowest BCUT2D eigenvalue weighted by Crippen LogP contribution is -2.63. The third-order valence-corrected chi connectivity index (χ3v) is 15.4. The van der Waals surface area contributed by atoms with Crippen LogP contribution in [0.3, 0.4) is 0 Å². The molecule has 0 radical (unpaired) electrons. The Bertz CT molecular complexity index is 3310. The van der Waals surface area contributed by atoms with Crippen LogP contribution in [0.2, 0.25) is 0 Å². The topological polar surface area (TPSA) is 502 Å². The van der Waals surface area contributed by atoms with Gasteiger partial charge in [0.15, 0.2) is 17.3 Å². The quantitative estimate of drug-likeness (QED) is 0.0317. The van der Waals surface area contributed by atoms with E-state index in [2.05, 4.69) is 47.7 Å². The molecule has 3 aromatic rings. The lowest BCUT2D eigenvalue weighted by molar-refractivity contribution is -0.158. The first kappa shape index (κ1) is 75.2. The first-order valence-electron chi connectivity index (χ1n) is 30.2. The number of esters is 1. The van der Waals surface area contributed by atoms with Gasteiger partial charge in [0, 0.05) is 32.4 Å². The number of likely N-dealkylation sites (N-methyl/N-ethyl adjacent to an activating group) is 1. The number of allylic oxidation sites excluding steroid dienone is 1. The molecule has 19 N–H and O–H groups in total. The molecule has 94 heavy (non-hydrogen) atoms. The van der Waals surface area contributed by atoms with Crippen molar-refractivity contribution >= 4 is 82.9 Å². The summed E-state index contributed by atoms with van der Waals surface area (Å²) in [5, 5.41) is 92.6. The molecule has 0 saturated carbocycles. The van der Waals surface area contributed by atoms with Gasteiger partial charge in [0.05, 0.1) is 31.8 Å². The normalized spacial score (nSPS) is 24.4. The predicted molar refractivity (Wildman–Crippen MR) is 337 cm³/mol. The van der Waals surface area contributed by atoms with Crippen LogP contribution in [0.5, 0.6) is 5.75 Å². The molecule has 0 aromatic heterocycles. The molecular weight excluding hydrogens is 1230 g/mol. The Kier molecular flexibility index (Phi) is 28.0. The minimum atomic E-state index is -2.63. The van der Waals surface area contributed by atoms with Gasteiger partial charge in [-0.25, -0.2) is 10.2 Å². The number of aliphatic hydroxyl groups excluding tert-OH is 6. The van der Waals surface area contributed by atoms with E-state index in [0.717, 1.165) is 31.9 Å². The summed E-state index contributed by atoms with van der Waals surface area (Å²) in [6.45, 7) is 4.48. The minimum Gasteiger partial charge on any atom is -0.508 e. The maximum absolute atomic E-state index is 15.6. The number of amides is 10. The van der Waals surface area contributed by atoms with Crippen molar-refractivity contribution in [2.75, 3.05) is 26.8 Å². The number of phenolic OH excluding ortho intramolecular Hbond substituents is 1.